The van der Waals surface area contributed by atoms with Crippen LogP contribution < -0.4 is 9.44 Å². The normalized spacial score (nSPS) is 13.3. The van der Waals surface area contributed by atoms with Crippen LogP contribution in [0.15, 0.2) is 56.4 Å². The minimum absolute atomic E-state index is 0.000918. The highest BCUT2D eigenvalue weighted by Gasteiger charge is 2.28. The average molecular weight is 585 g/mol. The van der Waals surface area contributed by atoms with Crippen molar-refractivity contribution in [3.8, 4) is 5.75 Å². The molecule has 0 heterocycles. The van der Waals surface area contributed by atoms with Crippen LogP contribution in [0.4, 0.5) is 17.1 Å². The van der Waals surface area contributed by atoms with E-state index in [1.807, 2.05) is 0 Å². The van der Waals surface area contributed by atoms with E-state index in [9.17, 15) is 34.9 Å². The first-order valence-corrected chi connectivity index (χ1v) is 15.8. The van der Waals surface area contributed by atoms with Crippen molar-refractivity contribution in [2.45, 2.75) is 49.9 Å². The van der Waals surface area contributed by atoms with Gasteiger partial charge in [-0.15, -0.1) is 5.11 Å². The molecule has 206 valence electrons. The second-order valence-electron chi connectivity index (χ2n) is 9.78. The fourth-order valence-corrected chi connectivity index (χ4v) is 6.63. The maximum Gasteiger partial charge on any atom is 0.294 e. The van der Waals surface area contributed by atoms with Crippen molar-refractivity contribution in [2.75, 3.05) is 11.0 Å². The van der Waals surface area contributed by atoms with E-state index in [1.165, 1.54) is 44.2 Å². The first kappa shape index (κ1) is 29.4. The topological polar surface area (TPSA) is 192 Å². The number of hydrogen-bond donors (Lipinski definition) is 4. The van der Waals surface area contributed by atoms with Gasteiger partial charge in [-0.3, -0.25) is 9.27 Å². The smallest absolute Gasteiger partial charge is 0.294 e. The van der Waals surface area contributed by atoms with Crippen molar-refractivity contribution in [1.82, 2.24) is 4.72 Å². The molecule has 0 radical (unpaired) electrons. The summed E-state index contributed by atoms with van der Waals surface area (Å²) in [5.41, 5.74) is -0.204. The molecule has 0 aliphatic carbocycles. The first-order valence-electron chi connectivity index (χ1n) is 11.0. The Morgan fingerprint density at radius 3 is 2.00 bits per heavy atom. The summed E-state index contributed by atoms with van der Waals surface area (Å²) in [5, 5.41) is 19.4. The molecule has 0 spiro atoms. The Labute approximate surface area is 221 Å². The zero-order valence-corrected chi connectivity index (χ0v) is 23.9. The molecule has 3 rings (SSSR count). The van der Waals surface area contributed by atoms with Crippen molar-refractivity contribution in [3.05, 3.63) is 47.5 Å². The number of sulfonamides is 2. The summed E-state index contributed by atoms with van der Waals surface area (Å²) in [6, 6.07) is 7.92. The lowest BCUT2D eigenvalue weighted by Gasteiger charge is -2.21. The summed E-state index contributed by atoms with van der Waals surface area (Å²) >= 11 is 0. The Kier molecular flexibility index (Phi) is 7.66. The molecule has 3 aromatic rings. The SMILES string of the molecule is Cc1cc(S(=O)(=O)O)c(C)cc1/N=N/c1cc(S(=O)(=O)NC(C)(C)C)c(O)c2cccc(NS(C)(=O)=O)c12. The van der Waals surface area contributed by atoms with Crippen LogP contribution in [0.3, 0.4) is 0 Å². The number of phenols is 1. The lowest BCUT2D eigenvalue weighted by Crippen LogP contribution is -2.40. The fraction of sp³-hybridized carbons (Fsp3) is 0.304. The minimum atomic E-state index is -4.47. The van der Waals surface area contributed by atoms with Gasteiger partial charge in [-0.1, -0.05) is 12.1 Å². The first-order chi connectivity index (χ1) is 17.2. The van der Waals surface area contributed by atoms with E-state index >= 15 is 0 Å². The largest absolute Gasteiger partial charge is 0.506 e. The Hall–Kier alpha value is -3.11. The van der Waals surface area contributed by atoms with Gasteiger partial charge in [0, 0.05) is 16.3 Å². The van der Waals surface area contributed by atoms with E-state index in [-0.39, 0.29) is 38.3 Å². The Morgan fingerprint density at radius 2 is 1.45 bits per heavy atom. The van der Waals surface area contributed by atoms with Gasteiger partial charge in [0.2, 0.25) is 20.0 Å². The van der Waals surface area contributed by atoms with Gasteiger partial charge < -0.3 is 5.11 Å². The highest BCUT2D eigenvalue weighted by Crippen LogP contribution is 2.43. The van der Waals surface area contributed by atoms with Crippen molar-refractivity contribution in [2.24, 2.45) is 10.2 Å². The minimum Gasteiger partial charge on any atom is -0.506 e. The number of fused-ring (bicyclic) bond motifs is 1. The fourth-order valence-electron chi connectivity index (χ4n) is 3.72. The third kappa shape index (κ3) is 6.66. The van der Waals surface area contributed by atoms with Crippen molar-refractivity contribution < 1.29 is 34.9 Å². The second kappa shape index (κ2) is 9.89. The molecule has 0 saturated heterocycles. The Bertz CT molecular complexity index is 1790. The zero-order chi connectivity index (χ0) is 28.8. The molecule has 15 heteroatoms. The molecule has 3 aromatic carbocycles. The highest BCUT2D eigenvalue weighted by atomic mass is 32.2. The highest BCUT2D eigenvalue weighted by molar-refractivity contribution is 7.92. The average Bonchev–Trinajstić information content (AvgIpc) is 2.71. The van der Waals surface area contributed by atoms with Crippen LogP contribution in [0.25, 0.3) is 10.8 Å². The van der Waals surface area contributed by atoms with Gasteiger partial charge >= 0.3 is 0 Å². The van der Waals surface area contributed by atoms with E-state index in [4.69, 9.17) is 0 Å². The van der Waals surface area contributed by atoms with Crippen molar-refractivity contribution >= 4 is 58.0 Å². The summed E-state index contributed by atoms with van der Waals surface area (Å²) in [6.07, 6.45) is 0.932. The van der Waals surface area contributed by atoms with Gasteiger partial charge in [0.25, 0.3) is 10.1 Å². The van der Waals surface area contributed by atoms with Crippen LogP contribution in [-0.4, -0.2) is 46.7 Å². The summed E-state index contributed by atoms with van der Waals surface area (Å²) < 4.78 is 87.7. The number of hydrogen-bond acceptors (Lipinski definition) is 9. The predicted octanol–water partition coefficient (Wildman–Crippen LogP) is 4.27. The standard InChI is InChI=1S/C23H28N4O8S3/c1-13-11-19(38(33,34)35)14(2)10-17(13)24-25-18-12-20(37(31,32)27-23(3,4)5)22(28)15-8-7-9-16(21(15)18)26-36(6,29)30/h7-12,26-28H,1-6H3,(H,33,34,35)/b25-24+. The number of nitrogens with zero attached hydrogens (tertiary/aromatic N) is 2. The molecular weight excluding hydrogens is 556 g/mol. The second-order valence-corrected chi connectivity index (χ2v) is 14.6. The number of phenolic OH excluding ortho intramolecular Hbond substituents is 1. The van der Waals surface area contributed by atoms with Gasteiger partial charge in [0.15, 0.2) is 0 Å². The quantitative estimate of drug-likeness (QED) is 0.234. The summed E-state index contributed by atoms with van der Waals surface area (Å²) in [4.78, 5) is -0.801. The molecule has 0 atom stereocenters. The molecule has 0 unspecified atom stereocenters. The van der Waals surface area contributed by atoms with Crippen LogP contribution >= 0.6 is 0 Å². The maximum atomic E-state index is 13.1. The monoisotopic (exact) mass is 584 g/mol. The maximum absolute atomic E-state index is 13.1. The van der Waals surface area contributed by atoms with Crippen molar-refractivity contribution in [3.63, 3.8) is 0 Å². The number of azo groups is 1. The number of aryl methyl sites for hydroxylation is 2. The molecule has 4 N–H and O–H groups in total. The van der Waals surface area contributed by atoms with E-state index in [0.29, 0.717) is 5.56 Å². The number of anilines is 1. The van der Waals surface area contributed by atoms with Gasteiger partial charge in [0.05, 0.1) is 28.2 Å². The third-order valence-corrected chi connectivity index (χ3v) is 8.50. The Morgan fingerprint density at radius 1 is 0.842 bits per heavy atom. The lowest BCUT2D eigenvalue weighted by molar-refractivity contribution is 0.457. The van der Waals surface area contributed by atoms with Crippen LogP contribution in [0.1, 0.15) is 31.9 Å². The van der Waals surface area contributed by atoms with Crippen molar-refractivity contribution in [1.29, 1.82) is 0 Å². The molecule has 12 nitrogen and oxygen atoms in total. The van der Waals surface area contributed by atoms with Gasteiger partial charge in [-0.05, 0) is 70.0 Å². The molecule has 0 aromatic heterocycles. The van der Waals surface area contributed by atoms with E-state index < -0.39 is 46.3 Å². The van der Waals surface area contributed by atoms with Gasteiger partial charge in [-0.25, -0.2) is 21.6 Å². The molecule has 38 heavy (non-hydrogen) atoms. The molecular formula is C23H28N4O8S3. The molecule has 0 aliphatic rings. The number of nitrogens with one attached hydrogen (secondary N) is 2. The molecule has 0 amide bonds. The van der Waals surface area contributed by atoms with Crippen LogP contribution in [0.2, 0.25) is 0 Å². The third-order valence-electron chi connectivity index (χ3n) is 5.14. The van der Waals surface area contributed by atoms with Gasteiger partial charge in [0.1, 0.15) is 10.6 Å². The Balaban J connectivity index is 2.35. The lowest BCUT2D eigenvalue weighted by atomic mass is 10.1. The molecule has 0 saturated carbocycles. The predicted molar refractivity (Wildman–Crippen MR) is 144 cm³/mol. The number of benzene rings is 3. The van der Waals surface area contributed by atoms with E-state index in [1.54, 1.807) is 20.8 Å². The van der Waals surface area contributed by atoms with Gasteiger partial charge in [-0.2, -0.15) is 13.5 Å². The summed E-state index contributed by atoms with van der Waals surface area (Å²) in [6.45, 7) is 7.86. The van der Waals surface area contributed by atoms with Crippen LogP contribution in [0, 0.1) is 13.8 Å². The molecule has 0 aliphatic heterocycles. The zero-order valence-electron chi connectivity index (χ0n) is 21.4. The van der Waals surface area contributed by atoms with Crippen LogP contribution in [0.5, 0.6) is 5.75 Å². The van der Waals surface area contributed by atoms with E-state index in [2.05, 4.69) is 19.7 Å². The number of rotatable bonds is 7. The summed E-state index contributed by atoms with van der Waals surface area (Å²) in [5.74, 6) is -0.614. The summed E-state index contributed by atoms with van der Waals surface area (Å²) in [7, 11) is -12.5. The van der Waals surface area contributed by atoms with Crippen LogP contribution in [-0.2, 0) is 30.2 Å². The molecule has 0 fully saturated rings. The molecule has 0 bridgehead atoms. The van der Waals surface area contributed by atoms with E-state index in [0.717, 1.165) is 12.3 Å². The number of aromatic hydroxyl groups is 1.